The zero-order valence-corrected chi connectivity index (χ0v) is 14.1. The van der Waals surface area contributed by atoms with E-state index < -0.39 is 11.6 Å². The van der Waals surface area contributed by atoms with Gasteiger partial charge < -0.3 is 20.8 Å². The molecule has 4 saturated carbocycles. The highest BCUT2D eigenvalue weighted by Crippen LogP contribution is 2.57. The van der Waals surface area contributed by atoms with Crippen molar-refractivity contribution in [3.63, 3.8) is 0 Å². The Hall–Kier alpha value is -2.08. The number of urea groups is 1. The molecule has 4 aliphatic carbocycles. The third kappa shape index (κ3) is 3.23. The summed E-state index contributed by atoms with van der Waals surface area (Å²) in [4.78, 5) is 23.2. The van der Waals surface area contributed by atoms with Crippen molar-refractivity contribution in [1.82, 2.24) is 10.6 Å². The van der Waals surface area contributed by atoms with Gasteiger partial charge in [0, 0.05) is 12.1 Å². The first kappa shape index (κ1) is 16.4. The summed E-state index contributed by atoms with van der Waals surface area (Å²) < 4.78 is 0. The number of nitrogens with one attached hydrogen (secondary N) is 2. The van der Waals surface area contributed by atoms with Crippen molar-refractivity contribution >= 4 is 12.0 Å². The van der Waals surface area contributed by atoms with Crippen LogP contribution < -0.4 is 10.6 Å². The van der Waals surface area contributed by atoms with E-state index in [9.17, 15) is 14.7 Å². The van der Waals surface area contributed by atoms with E-state index in [-0.39, 0.29) is 17.1 Å². The number of rotatable bonds is 4. The Morgan fingerprint density at radius 2 is 1.72 bits per heavy atom. The van der Waals surface area contributed by atoms with E-state index in [2.05, 4.69) is 10.6 Å². The molecule has 6 heteroatoms. The lowest BCUT2D eigenvalue weighted by molar-refractivity contribution is -0.139. The fourth-order valence-electron chi connectivity index (χ4n) is 5.59. The molecule has 2 atom stereocenters. The maximum atomic E-state index is 12.4. The predicted molar refractivity (Wildman–Crippen MR) is 91.1 cm³/mol. The lowest BCUT2D eigenvalue weighted by Crippen LogP contribution is -2.66. The summed E-state index contributed by atoms with van der Waals surface area (Å²) in [7, 11) is 0. The Balaban J connectivity index is 1.35. The van der Waals surface area contributed by atoms with E-state index in [0.29, 0.717) is 24.8 Å². The van der Waals surface area contributed by atoms with E-state index in [4.69, 9.17) is 5.11 Å². The number of aromatic carboxylic acids is 1. The largest absolute Gasteiger partial charge is 0.478 e. The molecule has 4 N–H and O–H groups in total. The van der Waals surface area contributed by atoms with Gasteiger partial charge in [0.15, 0.2) is 0 Å². The topological polar surface area (TPSA) is 98.7 Å². The van der Waals surface area contributed by atoms with Crippen molar-refractivity contribution in [2.45, 2.75) is 56.2 Å². The van der Waals surface area contributed by atoms with Gasteiger partial charge in [0.2, 0.25) is 0 Å². The molecule has 4 bridgehead atoms. The molecule has 5 rings (SSSR count). The van der Waals surface area contributed by atoms with Crippen LogP contribution in [0.15, 0.2) is 24.3 Å². The minimum atomic E-state index is -0.961. The molecule has 25 heavy (non-hydrogen) atoms. The second-order valence-corrected chi connectivity index (χ2v) is 8.28. The summed E-state index contributed by atoms with van der Waals surface area (Å²) in [6.07, 6.45) is 5.53. The summed E-state index contributed by atoms with van der Waals surface area (Å²) >= 11 is 0. The highest BCUT2D eigenvalue weighted by Gasteiger charge is 2.57. The normalized spacial score (nSPS) is 35.4. The van der Waals surface area contributed by atoms with Gasteiger partial charge >= 0.3 is 12.0 Å². The first-order valence-electron chi connectivity index (χ1n) is 8.95. The van der Waals surface area contributed by atoms with Crippen LogP contribution in [0.3, 0.4) is 0 Å². The number of carboxylic acid groups (broad SMARTS) is 1. The van der Waals surface area contributed by atoms with Crippen LogP contribution in [0.5, 0.6) is 0 Å². The third-order valence-electron chi connectivity index (χ3n) is 6.06. The number of aliphatic hydroxyl groups is 1. The first-order chi connectivity index (χ1) is 11.8. The number of carbonyl (C=O) groups excluding carboxylic acids is 1. The molecule has 0 aromatic heterocycles. The fourth-order valence-corrected chi connectivity index (χ4v) is 5.59. The van der Waals surface area contributed by atoms with Gasteiger partial charge in [-0.25, -0.2) is 9.59 Å². The van der Waals surface area contributed by atoms with Gasteiger partial charge in [0.25, 0.3) is 0 Å². The molecule has 2 unspecified atom stereocenters. The Labute approximate surface area is 146 Å². The van der Waals surface area contributed by atoms with Gasteiger partial charge in [-0.05, 0) is 68.1 Å². The predicted octanol–water partition coefficient (Wildman–Crippen LogP) is 2.27. The van der Waals surface area contributed by atoms with Crippen LogP contribution >= 0.6 is 0 Å². The Morgan fingerprint density at radius 3 is 2.28 bits per heavy atom. The summed E-state index contributed by atoms with van der Waals surface area (Å²) in [5, 5.41) is 25.6. The number of hydrogen-bond donors (Lipinski definition) is 4. The first-order valence-corrected chi connectivity index (χ1v) is 8.95. The molecule has 1 aromatic carbocycles. The van der Waals surface area contributed by atoms with Gasteiger partial charge in [-0.3, -0.25) is 0 Å². The molecule has 134 valence electrons. The van der Waals surface area contributed by atoms with Crippen molar-refractivity contribution in [3.05, 3.63) is 35.4 Å². The maximum Gasteiger partial charge on any atom is 0.335 e. The minimum absolute atomic E-state index is 0.215. The quantitative estimate of drug-likeness (QED) is 0.673. The van der Waals surface area contributed by atoms with Gasteiger partial charge in [0.05, 0.1) is 11.2 Å². The molecule has 2 amide bonds. The number of carbonyl (C=O) groups is 2. The summed E-state index contributed by atoms with van der Waals surface area (Å²) in [5.41, 5.74) is 0.222. The molecule has 1 aromatic rings. The molecule has 0 aliphatic heterocycles. The number of hydrogen-bond acceptors (Lipinski definition) is 3. The molecular weight excluding hydrogens is 320 g/mol. The lowest BCUT2D eigenvalue weighted by atomic mass is 9.51. The molecule has 4 aliphatic rings. The maximum absolute atomic E-state index is 12.4. The van der Waals surface area contributed by atoms with Crippen LogP contribution in [-0.4, -0.2) is 33.4 Å². The second-order valence-electron chi connectivity index (χ2n) is 8.28. The van der Waals surface area contributed by atoms with Crippen molar-refractivity contribution in [2.75, 3.05) is 0 Å². The molecule has 0 spiro atoms. The van der Waals surface area contributed by atoms with E-state index in [1.807, 2.05) is 0 Å². The molecule has 0 saturated heterocycles. The standard InChI is InChI=1S/C19H24N2O4/c22-16(23)15-3-1-12(2-4-15)10-20-17(24)21-18-6-13-5-14(7-18)9-19(25,8-13)11-18/h1-4,13-14,25H,5-11H2,(H,22,23)(H2,20,21,24). The van der Waals surface area contributed by atoms with Crippen LogP contribution in [0.2, 0.25) is 0 Å². The summed E-state index contributed by atoms with van der Waals surface area (Å²) in [5.74, 6) is 0.0854. The Morgan fingerprint density at radius 1 is 1.08 bits per heavy atom. The zero-order chi connectivity index (χ0) is 17.7. The van der Waals surface area contributed by atoms with E-state index in [1.54, 1.807) is 12.1 Å². The minimum Gasteiger partial charge on any atom is -0.478 e. The monoisotopic (exact) mass is 344 g/mol. The van der Waals surface area contributed by atoms with Crippen LogP contribution in [-0.2, 0) is 6.54 Å². The van der Waals surface area contributed by atoms with Crippen molar-refractivity contribution in [3.8, 4) is 0 Å². The van der Waals surface area contributed by atoms with Gasteiger partial charge in [-0.2, -0.15) is 0 Å². The van der Waals surface area contributed by atoms with Gasteiger partial charge in [-0.15, -0.1) is 0 Å². The molecule has 0 heterocycles. The molecule has 0 radical (unpaired) electrons. The van der Waals surface area contributed by atoms with E-state index in [0.717, 1.165) is 31.2 Å². The van der Waals surface area contributed by atoms with Crippen LogP contribution in [0.25, 0.3) is 0 Å². The third-order valence-corrected chi connectivity index (χ3v) is 6.06. The Bertz CT molecular complexity index is 686. The van der Waals surface area contributed by atoms with Crippen LogP contribution in [0.4, 0.5) is 4.79 Å². The average molecular weight is 344 g/mol. The van der Waals surface area contributed by atoms with E-state index >= 15 is 0 Å². The van der Waals surface area contributed by atoms with E-state index in [1.165, 1.54) is 18.6 Å². The smallest absolute Gasteiger partial charge is 0.335 e. The lowest BCUT2D eigenvalue weighted by Gasteiger charge is -2.60. The highest BCUT2D eigenvalue weighted by atomic mass is 16.4. The average Bonchev–Trinajstić information content (AvgIpc) is 2.50. The second kappa shape index (κ2) is 5.73. The van der Waals surface area contributed by atoms with Crippen LogP contribution in [0, 0.1) is 11.8 Å². The number of benzene rings is 1. The van der Waals surface area contributed by atoms with Crippen molar-refractivity contribution in [1.29, 1.82) is 0 Å². The van der Waals surface area contributed by atoms with Crippen molar-refractivity contribution < 1.29 is 19.8 Å². The Kier molecular flexibility index (Phi) is 3.76. The molecular formula is C19H24N2O4. The summed E-state index contributed by atoms with van der Waals surface area (Å²) in [6.45, 7) is 0.346. The fraction of sp³-hybridized carbons (Fsp3) is 0.579. The zero-order valence-electron chi connectivity index (χ0n) is 14.1. The molecule has 4 fully saturated rings. The number of carboxylic acids is 1. The SMILES string of the molecule is O=C(NCc1ccc(C(=O)O)cc1)NC12CC3CC(CC(O)(C3)C1)C2. The van der Waals surface area contributed by atoms with Gasteiger partial charge in [0.1, 0.15) is 0 Å². The van der Waals surface area contributed by atoms with Gasteiger partial charge in [-0.1, -0.05) is 12.1 Å². The molecule has 6 nitrogen and oxygen atoms in total. The number of amides is 2. The van der Waals surface area contributed by atoms with Crippen LogP contribution in [0.1, 0.15) is 54.4 Å². The van der Waals surface area contributed by atoms with Crippen molar-refractivity contribution in [2.24, 2.45) is 11.8 Å². The highest BCUT2D eigenvalue weighted by molar-refractivity contribution is 5.87. The summed E-state index contributed by atoms with van der Waals surface area (Å²) in [6, 6.07) is 6.26.